The fraction of sp³-hybridized carbons (Fsp3) is 0.333. The molecule has 1 aromatic heterocycles. The molecule has 2 rings (SSSR count). The molecule has 1 aromatic carbocycles. The molecule has 0 unspecified atom stereocenters. The van der Waals surface area contributed by atoms with Crippen molar-refractivity contribution in [2.24, 2.45) is 0 Å². The molecule has 5 nitrogen and oxygen atoms in total. The lowest BCUT2D eigenvalue weighted by Crippen LogP contribution is -2.22. The molecule has 0 saturated heterocycles. The topological polar surface area (TPSA) is 54.2 Å². The quantitative estimate of drug-likeness (QED) is 0.824. The van der Waals surface area contributed by atoms with Crippen molar-refractivity contribution < 1.29 is 5.11 Å². The molecule has 0 radical (unpaired) electrons. The van der Waals surface area contributed by atoms with E-state index in [0.29, 0.717) is 5.69 Å². The molecule has 0 aliphatic rings. The first-order chi connectivity index (χ1) is 8.69. The zero-order valence-corrected chi connectivity index (χ0v) is 12.3. The maximum absolute atomic E-state index is 8.91. The Balaban J connectivity index is 1.91. The minimum absolute atomic E-state index is 0.0625. The monoisotopic (exact) mass is 358 g/mol. The minimum Gasteiger partial charge on any atom is -0.390 e. The molecule has 0 aliphatic carbocycles. The van der Waals surface area contributed by atoms with Crippen LogP contribution in [0, 0.1) is 3.57 Å². The Labute approximate surface area is 120 Å². The fourth-order valence-electron chi connectivity index (χ4n) is 1.60. The van der Waals surface area contributed by atoms with Crippen LogP contribution in [0.2, 0.25) is 0 Å². The highest BCUT2D eigenvalue weighted by Gasteiger charge is 2.03. The average Bonchev–Trinajstić information content (AvgIpc) is 2.85. The van der Waals surface area contributed by atoms with Crippen molar-refractivity contribution in [1.82, 2.24) is 15.0 Å². The molecule has 1 heterocycles. The standard InChI is InChI=1S/C12H15IN4O/c1-16(12-4-2-10(13)3-5-12)6-7-17-8-11(9-18)14-15-17/h2-5,8,18H,6-7,9H2,1H3. The lowest BCUT2D eigenvalue weighted by Gasteiger charge is -2.19. The van der Waals surface area contributed by atoms with E-state index in [2.05, 4.69) is 62.1 Å². The summed E-state index contributed by atoms with van der Waals surface area (Å²) in [7, 11) is 2.05. The second kappa shape index (κ2) is 6.14. The smallest absolute Gasteiger partial charge is 0.108 e. The summed E-state index contributed by atoms with van der Waals surface area (Å²) in [6.07, 6.45) is 1.77. The van der Waals surface area contributed by atoms with E-state index in [0.717, 1.165) is 13.1 Å². The number of hydrogen-bond acceptors (Lipinski definition) is 4. The van der Waals surface area contributed by atoms with Crippen molar-refractivity contribution in [2.75, 3.05) is 18.5 Å². The summed E-state index contributed by atoms with van der Waals surface area (Å²) in [5.41, 5.74) is 1.78. The summed E-state index contributed by atoms with van der Waals surface area (Å²) in [5.74, 6) is 0. The highest BCUT2D eigenvalue weighted by molar-refractivity contribution is 14.1. The summed E-state index contributed by atoms with van der Waals surface area (Å²) in [5, 5.41) is 16.7. The van der Waals surface area contributed by atoms with Crippen LogP contribution in [-0.2, 0) is 13.2 Å². The Morgan fingerprint density at radius 2 is 2.06 bits per heavy atom. The van der Waals surface area contributed by atoms with E-state index in [4.69, 9.17) is 5.11 Å². The van der Waals surface area contributed by atoms with Gasteiger partial charge in [-0.1, -0.05) is 5.21 Å². The van der Waals surface area contributed by atoms with Crippen LogP contribution >= 0.6 is 22.6 Å². The van der Waals surface area contributed by atoms with Crippen molar-refractivity contribution in [2.45, 2.75) is 13.2 Å². The van der Waals surface area contributed by atoms with Gasteiger partial charge >= 0.3 is 0 Å². The second-order valence-corrected chi connectivity index (χ2v) is 5.27. The summed E-state index contributed by atoms with van der Waals surface area (Å²) in [6, 6.07) is 8.38. The van der Waals surface area contributed by atoms with Crippen LogP contribution in [-0.4, -0.2) is 33.7 Å². The maximum atomic E-state index is 8.91. The predicted octanol–water partition coefficient (Wildman–Crippen LogP) is 1.51. The van der Waals surface area contributed by atoms with Crippen LogP contribution in [0.15, 0.2) is 30.5 Å². The van der Waals surface area contributed by atoms with Gasteiger partial charge in [-0.05, 0) is 46.9 Å². The number of anilines is 1. The Kier molecular flexibility index (Phi) is 4.54. The van der Waals surface area contributed by atoms with E-state index in [1.807, 2.05) is 7.05 Å². The zero-order valence-electron chi connectivity index (χ0n) is 10.1. The number of hydrogen-bond donors (Lipinski definition) is 1. The molecule has 6 heteroatoms. The number of halogens is 1. The van der Waals surface area contributed by atoms with Crippen LogP contribution in [0.25, 0.3) is 0 Å². The van der Waals surface area contributed by atoms with Crippen LogP contribution in [0.1, 0.15) is 5.69 Å². The molecule has 0 spiro atoms. The Morgan fingerprint density at radius 1 is 1.33 bits per heavy atom. The van der Waals surface area contributed by atoms with Gasteiger partial charge in [0.2, 0.25) is 0 Å². The lowest BCUT2D eigenvalue weighted by molar-refractivity contribution is 0.276. The van der Waals surface area contributed by atoms with Gasteiger partial charge in [0.05, 0.1) is 19.3 Å². The average molecular weight is 358 g/mol. The van der Waals surface area contributed by atoms with Gasteiger partial charge in [-0.15, -0.1) is 5.10 Å². The van der Waals surface area contributed by atoms with E-state index in [1.165, 1.54) is 9.26 Å². The third-order valence-corrected chi connectivity index (χ3v) is 3.40. The molecule has 0 aliphatic heterocycles. The molecule has 1 N–H and O–H groups in total. The number of rotatable bonds is 5. The van der Waals surface area contributed by atoms with Crippen LogP contribution in [0.3, 0.4) is 0 Å². The highest BCUT2D eigenvalue weighted by atomic mass is 127. The van der Waals surface area contributed by atoms with Crippen LogP contribution in [0.4, 0.5) is 5.69 Å². The van der Waals surface area contributed by atoms with Gasteiger partial charge < -0.3 is 10.0 Å². The summed E-state index contributed by atoms with van der Waals surface area (Å²) >= 11 is 2.29. The van der Waals surface area contributed by atoms with Gasteiger partial charge in [0.15, 0.2) is 0 Å². The van der Waals surface area contributed by atoms with Crippen molar-refractivity contribution in [1.29, 1.82) is 0 Å². The molecule has 0 saturated carbocycles. The van der Waals surface area contributed by atoms with E-state index in [9.17, 15) is 0 Å². The predicted molar refractivity (Wildman–Crippen MR) is 78.4 cm³/mol. The normalized spacial score (nSPS) is 10.6. The first-order valence-corrected chi connectivity index (χ1v) is 6.73. The third-order valence-electron chi connectivity index (χ3n) is 2.68. The van der Waals surface area contributed by atoms with Crippen molar-refractivity contribution >= 4 is 28.3 Å². The summed E-state index contributed by atoms with van der Waals surface area (Å²) < 4.78 is 2.97. The number of aromatic nitrogens is 3. The zero-order chi connectivity index (χ0) is 13.0. The van der Waals surface area contributed by atoms with Crippen LogP contribution in [0.5, 0.6) is 0 Å². The van der Waals surface area contributed by atoms with E-state index in [1.54, 1.807) is 10.9 Å². The second-order valence-electron chi connectivity index (χ2n) is 4.03. The number of benzene rings is 1. The minimum atomic E-state index is -0.0625. The Bertz CT molecular complexity index is 497. The summed E-state index contributed by atoms with van der Waals surface area (Å²) in [4.78, 5) is 2.16. The molecule has 0 atom stereocenters. The molecule has 0 amide bonds. The van der Waals surface area contributed by atoms with Gasteiger partial charge in [-0.2, -0.15) is 0 Å². The number of aliphatic hydroxyl groups excluding tert-OH is 1. The Hall–Kier alpha value is -1.15. The Morgan fingerprint density at radius 3 is 2.67 bits per heavy atom. The van der Waals surface area contributed by atoms with Gasteiger partial charge in [0, 0.05) is 22.8 Å². The molecule has 0 bridgehead atoms. The molecule has 96 valence electrons. The van der Waals surface area contributed by atoms with E-state index in [-0.39, 0.29) is 6.61 Å². The molecular formula is C12H15IN4O. The van der Waals surface area contributed by atoms with Crippen molar-refractivity contribution in [3.8, 4) is 0 Å². The molecule has 0 fully saturated rings. The number of aliphatic hydroxyl groups is 1. The van der Waals surface area contributed by atoms with E-state index >= 15 is 0 Å². The summed E-state index contributed by atoms with van der Waals surface area (Å²) in [6.45, 7) is 1.53. The molecular weight excluding hydrogens is 343 g/mol. The SMILES string of the molecule is CN(CCn1cc(CO)nn1)c1ccc(I)cc1. The maximum Gasteiger partial charge on any atom is 0.108 e. The molecule has 18 heavy (non-hydrogen) atoms. The first kappa shape index (κ1) is 13.3. The third kappa shape index (κ3) is 3.42. The fourth-order valence-corrected chi connectivity index (χ4v) is 1.96. The first-order valence-electron chi connectivity index (χ1n) is 5.65. The van der Waals surface area contributed by atoms with Gasteiger partial charge in [-0.25, -0.2) is 0 Å². The van der Waals surface area contributed by atoms with Crippen molar-refractivity contribution in [3.05, 3.63) is 39.7 Å². The molecule has 2 aromatic rings. The van der Waals surface area contributed by atoms with Crippen LogP contribution < -0.4 is 4.90 Å². The van der Waals surface area contributed by atoms with Gasteiger partial charge in [0.1, 0.15) is 5.69 Å². The van der Waals surface area contributed by atoms with Crippen molar-refractivity contribution in [3.63, 3.8) is 0 Å². The largest absolute Gasteiger partial charge is 0.390 e. The van der Waals surface area contributed by atoms with Gasteiger partial charge in [0.25, 0.3) is 0 Å². The van der Waals surface area contributed by atoms with E-state index < -0.39 is 0 Å². The highest BCUT2D eigenvalue weighted by Crippen LogP contribution is 2.14. The van der Waals surface area contributed by atoms with Gasteiger partial charge in [-0.3, -0.25) is 4.68 Å². The number of likely N-dealkylation sites (N-methyl/N-ethyl adjacent to an activating group) is 1. The lowest BCUT2D eigenvalue weighted by atomic mass is 10.3. The number of nitrogens with zero attached hydrogens (tertiary/aromatic N) is 4.